The van der Waals surface area contributed by atoms with Crippen LogP contribution in [0.1, 0.15) is 148 Å². The molecule has 1 unspecified atom stereocenters. The number of aromatic nitrogens is 1. The molecule has 2 amide bonds. The van der Waals surface area contributed by atoms with E-state index in [0.717, 1.165) is 55.6 Å². The summed E-state index contributed by atoms with van der Waals surface area (Å²) < 4.78 is 0. The number of benzene rings is 1. The van der Waals surface area contributed by atoms with E-state index < -0.39 is 0 Å². The molecule has 1 aliphatic heterocycles. The van der Waals surface area contributed by atoms with Crippen molar-refractivity contribution in [2.75, 3.05) is 13.6 Å². The van der Waals surface area contributed by atoms with Crippen LogP contribution < -0.4 is 11.1 Å². The highest BCUT2D eigenvalue weighted by molar-refractivity contribution is 7.13. The van der Waals surface area contributed by atoms with Gasteiger partial charge in [0.15, 0.2) is 0 Å². The van der Waals surface area contributed by atoms with Crippen molar-refractivity contribution >= 4 is 36.2 Å². The standard InChI is InChI=1S/C16H31NO2.C12H12N2OS.C6H13N.C6H12O/c17-16(19)14-12-10-8-6-4-2-1-3-5-7-9-11-13-15-18;1-9-12(16-8-14-9)11-4-2-10(3-5-11)6-13-7-15;1-6-4-3-5-7(6)2;1-6(2,3)4-5-7/h15H,1-14H2,(H2,17,19);2-5,7-8H,6H2,1H3,(H,13,15);6H,3-5H2,1-2H3;5H,4H2,1-3H3. The molecular weight excluding hydrogens is 633 g/mol. The first-order valence-electron chi connectivity index (χ1n) is 18.5. The lowest BCUT2D eigenvalue weighted by molar-refractivity contribution is -0.118. The fourth-order valence-corrected chi connectivity index (χ4v) is 5.95. The third kappa shape index (κ3) is 27.6. The number of nitrogens with one attached hydrogen (secondary N) is 1. The van der Waals surface area contributed by atoms with Crippen molar-refractivity contribution in [3.8, 4) is 10.4 Å². The zero-order valence-corrected chi connectivity index (χ0v) is 32.5. The molecule has 0 saturated carbocycles. The van der Waals surface area contributed by atoms with E-state index in [1.54, 1.807) is 11.3 Å². The number of aryl methyl sites for hydroxylation is 1. The fraction of sp³-hybridized carbons (Fsp3) is 0.675. The van der Waals surface area contributed by atoms with E-state index in [1.807, 2.05) is 45.3 Å². The molecule has 2 aromatic rings. The summed E-state index contributed by atoms with van der Waals surface area (Å²) in [5, 5.41) is 2.64. The first-order chi connectivity index (χ1) is 23.4. The van der Waals surface area contributed by atoms with Gasteiger partial charge in [-0.05, 0) is 69.7 Å². The Morgan fingerprint density at radius 3 is 1.82 bits per heavy atom. The maximum Gasteiger partial charge on any atom is 0.217 e. The van der Waals surface area contributed by atoms with Gasteiger partial charge in [-0.15, -0.1) is 11.3 Å². The van der Waals surface area contributed by atoms with Gasteiger partial charge in [0.25, 0.3) is 0 Å². The Labute approximate surface area is 302 Å². The first-order valence-corrected chi connectivity index (χ1v) is 19.3. The summed E-state index contributed by atoms with van der Waals surface area (Å²) in [6.45, 7) is 12.3. The molecule has 8 nitrogen and oxygen atoms in total. The van der Waals surface area contributed by atoms with Crippen molar-refractivity contribution in [1.82, 2.24) is 15.2 Å². The highest BCUT2D eigenvalue weighted by Gasteiger charge is 2.14. The number of aldehydes is 2. The van der Waals surface area contributed by atoms with Crippen molar-refractivity contribution < 1.29 is 19.2 Å². The topological polar surface area (TPSA) is 122 Å². The van der Waals surface area contributed by atoms with Crippen molar-refractivity contribution in [2.45, 2.75) is 156 Å². The Morgan fingerprint density at radius 1 is 0.918 bits per heavy atom. The summed E-state index contributed by atoms with van der Waals surface area (Å²) in [7, 11) is 2.19. The van der Waals surface area contributed by atoms with E-state index in [9.17, 15) is 19.2 Å². The number of primary amides is 1. The first kappa shape index (κ1) is 46.1. The van der Waals surface area contributed by atoms with Crippen LogP contribution in [0.3, 0.4) is 0 Å². The Bertz CT molecular complexity index is 1110. The summed E-state index contributed by atoms with van der Waals surface area (Å²) in [5.41, 5.74) is 10.4. The number of hydrogen-bond donors (Lipinski definition) is 2. The molecule has 278 valence electrons. The lowest BCUT2D eigenvalue weighted by Crippen LogP contribution is -2.20. The Hall–Kier alpha value is -2.91. The molecule has 0 bridgehead atoms. The highest BCUT2D eigenvalue weighted by atomic mass is 32.1. The SMILES string of the molecule is CC(C)(C)CC=O.CC1CCCN1C.Cc1ncsc1-c1ccc(CNC=O)cc1.NC(=O)CCCCCCCCCCCCCCC=O. The predicted octanol–water partition coefficient (Wildman–Crippen LogP) is 9.22. The van der Waals surface area contributed by atoms with E-state index in [-0.39, 0.29) is 11.3 Å². The number of likely N-dealkylation sites (tertiary alicyclic amines) is 1. The summed E-state index contributed by atoms with van der Waals surface area (Å²) in [4.78, 5) is 48.5. The van der Waals surface area contributed by atoms with Crippen LogP contribution in [0, 0.1) is 12.3 Å². The van der Waals surface area contributed by atoms with Gasteiger partial charge in [0.2, 0.25) is 12.3 Å². The normalized spacial score (nSPS) is 13.9. The molecule has 1 aromatic heterocycles. The van der Waals surface area contributed by atoms with Crippen LogP contribution in [0.15, 0.2) is 29.8 Å². The van der Waals surface area contributed by atoms with Crippen LogP contribution >= 0.6 is 11.3 Å². The molecule has 3 N–H and O–H groups in total. The monoisotopic (exact) mass is 700 g/mol. The van der Waals surface area contributed by atoms with Gasteiger partial charge in [0.05, 0.1) is 16.1 Å². The summed E-state index contributed by atoms with van der Waals surface area (Å²) in [5.74, 6) is -0.173. The number of amides is 2. The van der Waals surface area contributed by atoms with Crippen molar-refractivity contribution in [3.05, 3.63) is 41.0 Å². The molecule has 0 spiro atoms. The van der Waals surface area contributed by atoms with Gasteiger partial charge < -0.3 is 25.5 Å². The number of unbranched alkanes of at least 4 members (excludes halogenated alkanes) is 12. The van der Waals surface area contributed by atoms with E-state index in [4.69, 9.17) is 5.73 Å². The minimum absolute atomic E-state index is 0.173. The van der Waals surface area contributed by atoms with E-state index in [2.05, 4.69) is 41.3 Å². The maximum atomic E-state index is 10.5. The largest absolute Gasteiger partial charge is 0.370 e. The van der Waals surface area contributed by atoms with Gasteiger partial charge in [-0.2, -0.15) is 0 Å². The second-order valence-corrected chi connectivity index (χ2v) is 15.1. The number of thiazole rings is 1. The molecular formula is C40H68N4O4S. The maximum absolute atomic E-state index is 10.5. The van der Waals surface area contributed by atoms with E-state index >= 15 is 0 Å². The van der Waals surface area contributed by atoms with Crippen LogP contribution in [0.25, 0.3) is 10.4 Å². The minimum Gasteiger partial charge on any atom is -0.370 e. The molecule has 1 saturated heterocycles. The average molecular weight is 701 g/mol. The van der Waals surface area contributed by atoms with Crippen LogP contribution in [0.5, 0.6) is 0 Å². The molecule has 1 aromatic carbocycles. The third-order valence-electron chi connectivity index (χ3n) is 8.43. The molecule has 1 aliphatic rings. The number of carbonyl (C=O) groups is 4. The van der Waals surface area contributed by atoms with Crippen molar-refractivity contribution in [2.24, 2.45) is 11.1 Å². The molecule has 2 heterocycles. The molecule has 49 heavy (non-hydrogen) atoms. The zero-order valence-electron chi connectivity index (χ0n) is 31.6. The number of hydrogen-bond acceptors (Lipinski definition) is 7. The number of nitrogens with two attached hydrogens (primary N) is 1. The number of nitrogens with zero attached hydrogens (tertiary/aromatic N) is 2. The Balaban J connectivity index is 0.000000684. The van der Waals surface area contributed by atoms with Gasteiger partial charge in [-0.25, -0.2) is 4.98 Å². The zero-order chi connectivity index (χ0) is 36.8. The molecule has 1 fully saturated rings. The second kappa shape index (κ2) is 30.0. The summed E-state index contributed by atoms with van der Waals surface area (Å²) >= 11 is 1.64. The van der Waals surface area contributed by atoms with E-state index in [1.165, 1.54) is 87.6 Å². The Morgan fingerprint density at radius 2 is 1.47 bits per heavy atom. The molecule has 3 rings (SSSR count). The van der Waals surface area contributed by atoms with Crippen LogP contribution in [-0.2, 0) is 25.7 Å². The van der Waals surface area contributed by atoms with Gasteiger partial charge in [-0.1, -0.05) is 109 Å². The number of rotatable bonds is 20. The van der Waals surface area contributed by atoms with Crippen LogP contribution in [-0.4, -0.2) is 54.4 Å². The number of carbonyl (C=O) groups excluding carboxylic acids is 4. The second-order valence-electron chi connectivity index (χ2n) is 14.3. The Kier molecular flexibility index (Phi) is 28.2. The predicted molar refractivity (Wildman–Crippen MR) is 207 cm³/mol. The summed E-state index contributed by atoms with van der Waals surface area (Å²) in [6.07, 6.45) is 22.2. The van der Waals surface area contributed by atoms with Gasteiger partial charge >= 0.3 is 0 Å². The molecule has 0 aliphatic carbocycles. The molecule has 9 heteroatoms. The smallest absolute Gasteiger partial charge is 0.217 e. The fourth-order valence-electron chi connectivity index (χ4n) is 5.13. The molecule has 0 radical (unpaired) electrons. The van der Waals surface area contributed by atoms with Crippen molar-refractivity contribution in [3.63, 3.8) is 0 Å². The highest BCUT2D eigenvalue weighted by Crippen LogP contribution is 2.27. The van der Waals surface area contributed by atoms with Crippen molar-refractivity contribution in [1.29, 1.82) is 0 Å². The minimum atomic E-state index is -0.173. The third-order valence-corrected chi connectivity index (χ3v) is 9.40. The lowest BCUT2D eigenvalue weighted by Gasteiger charge is -2.12. The van der Waals surface area contributed by atoms with Gasteiger partial charge in [-0.3, -0.25) is 9.59 Å². The lowest BCUT2D eigenvalue weighted by atomic mass is 9.93. The quantitative estimate of drug-likeness (QED) is 0.105. The van der Waals surface area contributed by atoms with E-state index in [0.29, 0.717) is 25.8 Å². The van der Waals surface area contributed by atoms with Gasteiger partial charge in [0.1, 0.15) is 12.6 Å². The summed E-state index contributed by atoms with van der Waals surface area (Å²) in [6, 6.07) is 9.00. The average Bonchev–Trinajstić information content (AvgIpc) is 3.66. The van der Waals surface area contributed by atoms with Crippen LogP contribution in [0.2, 0.25) is 0 Å². The van der Waals surface area contributed by atoms with Gasteiger partial charge in [0, 0.05) is 31.8 Å². The van der Waals surface area contributed by atoms with Crippen LogP contribution in [0.4, 0.5) is 0 Å². The molecule has 1 atom stereocenters.